The van der Waals surface area contributed by atoms with Crippen molar-refractivity contribution in [2.75, 3.05) is 17.7 Å². The van der Waals surface area contributed by atoms with E-state index in [1.165, 1.54) is 11.8 Å². The molecular formula is C23H21ClN2O3S. The number of carbonyl (C=O) groups excluding carboxylic acids is 2. The third-order valence-corrected chi connectivity index (χ3v) is 5.58. The molecule has 0 bridgehead atoms. The highest BCUT2D eigenvalue weighted by molar-refractivity contribution is 8.00. The smallest absolute Gasteiger partial charge is 0.255 e. The molecule has 5 nitrogen and oxygen atoms in total. The number of methoxy groups -OCH3 is 1. The van der Waals surface area contributed by atoms with Gasteiger partial charge in [0.05, 0.1) is 12.4 Å². The number of amides is 2. The predicted molar refractivity (Wildman–Crippen MR) is 123 cm³/mol. The van der Waals surface area contributed by atoms with Gasteiger partial charge in [0.25, 0.3) is 5.91 Å². The van der Waals surface area contributed by atoms with Crippen LogP contribution in [0.3, 0.4) is 0 Å². The molecule has 3 aromatic rings. The van der Waals surface area contributed by atoms with Crippen molar-refractivity contribution in [1.29, 1.82) is 0 Å². The van der Waals surface area contributed by atoms with Crippen LogP contribution in [0.1, 0.15) is 17.3 Å². The van der Waals surface area contributed by atoms with Crippen LogP contribution in [-0.4, -0.2) is 24.2 Å². The van der Waals surface area contributed by atoms with E-state index < -0.39 is 0 Å². The fourth-order valence-corrected chi connectivity index (χ4v) is 3.68. The number of nitrogens with one attached hydrogen (secondary N) is 2. The summed E-state index contributed by atoms with van der Waals surface area (Å²) in [4.78, 5) is 25.8. The summed E-state index contributed by atoms with van der Waals surface area (Å²) in [5, 5.41) is 6.03. The Kier molecular flexibility index (Phi) is 7.38. The zero-order valence-corrected chi connectivity index (χ0v) is 18.1. The standard InChI is InChI=1S/C23H21ClN2O3S/c1-15(22(27)25-18-10-8-17(24)9-11-18)30-21-5-3-4-19(14-21)26-23(28)16-6-12-20(29-2)13-7-16/h3-15H,1-2H3,(H,25,27)(H,26,28). The van der Waals surface area contributed by atoms with Crippen molar-refractivity contribution in [1.82, 2.24) is 0 Å². The first-order valence-corrected chi connectivity index (χ1v) is 10.5. The number of thioether (sulfide) groups is 1. The van der Waals surface area contributed by atoms with Crippen LogP contribution in [-0.2, 0) is 4.79 Å². The molecule has 0 aliphatic carbocycles. The van der Waals surface area contributed by atoms with Gasteiger partial charge < -0.3 is 15.4 Å². The Hall–Kier alpha value is -2.96. The van der Waals surface area contributed by atoms with Gasteiger partial charge >= 0.3 is 0 Å². The molecule has 0 fully saturated rings. The SMILES string of the molecule is COc1ccc(C(=O)Nc2cccc(SC(C)C(=O)Nc3ccc(Cl)cc3)c2)cc1. The minimum absolute atomic E-state index is 0.116. The van der Waals surface area contributed by atoms with Crippen molar-refractivity contribution in [3.05, 3.63) is 83.4 Å². The van der Waals surface area contributed by atoms with Gasteiger partial charge in [-0.15, -0.1) is 11.8 Å². The Morgan fingerprint density at radius 2 is 1.63 bits per heavy atom. The lowest BCUT2D eigenvalue weighted by Gasteiger charge is -2.13. The number of rotatable bonds is 7. The molecule has 1 atom stereocenters. The molecule has 0 spiro atoms. The van der Waals surface area contributed by atoms with Crippen LogP contribution in [0.5, 0.6) is 5.75 Å². The molecule has 0 aliphatic rings. The van der Waals surface area contributed by atoms with Crippen molar-refractivity contribution in [3.63, 3.8) is 0 Å². The van der Waals surface area contributed by atoms with Gasteiger partial charge in [0.1, 0.15) is 5.75 Å². The first kappa shape index (κ1) is 21.7. The fraction of sp³-hybridized carbons (Fsp3) is 0.130. The van der Waals surface area contributed by atoms with Crippen molar-refractivity contribution in [3.8, 4) is 5.75 Å². The number of carbonyl (C=O) groups is 2. The molecule has 3 aromatic carbocycles. The maximum absolute atomic E-state index is 12.5. The van der Waals surface area contributed by atoms with E-state index in [4.69, 9.17) is 16.3 Å². The van der Waals surface area contributed by atoms with Gasteiger partial charge in [-0.3, -0.25) is 9.59 Å². The molecule has 0 heterocycles. The third-order valence-electron chi connectivity index (χ3n) is 4.24. The predicted octanol–water partition coefficient (Wildman–Crippen LogP) is 5.72. The summed E-state index contributed by atoms with van der Waals surface area (Å²) >= 11 is 7.28. The van der Waals surface area contributed by atoms with E-state index in [2.05, 4.69) is 10.6 Å². The van der Waals surface area contributed by atoms with E-state index in [0.717, 1.165) is 4.90 Å². The minimum atomic E-state index is -0.326. The molecule has 0 saturated heterocycles. The van der Waals surface area contributed by atoms with Gasteiger partial charge in [-0.1, -0.05) is 17.7 Å². The van der Waals surface area contributed by atoms with E-state index in [1.54, 1.807) is 55.6 Å². The fourth-order valence-electron chi connectivity index (χ4n) is 2.63. The van der Waals surface area contributed by atoms with Crippen LogP contribution in [0, 0.1) is 0 Å². The first-order chi connectivity index (χ1) is 14.4. The highest BCUT2D eigenvalue weighted by Gasteiger charge is 2.15. The highest BCUT2D eigenvalue weighted by atomic mass is 35.5. The first-order valence-electron chi connectivity index (χ1n) is 9.23. The van der Waals surface area contributed by atoms with Crippen LogP contribution in [0.2, 0.25) is 5.02 Å². The molecule has 3 rings (SSSR count). The summed E-state index contributed by atoms with van der Waals surface area (Å²) < 4.78 is 5.11. The average molecular weight is 441 g/mol. The van der Waals surface area contributed by atoms with E-state index in [9.17, 15) is 9.59 Å². The van der Waals surface area contributed by atoms with E-state index in [1.807, 2.05) is 31.2 Å². The second kappa shape index (κ2) is 10.2. The summed E-state index contributed by atoms with van der Waals surface area (Å²) in [6.45, 7) is 1.83. The van der Waals surface area contributed by atoms with Crippen LogP contribution in [0.15, 0.2) is 77.7 Å². The van der Waals surface area contributed by atoms with Crippen LogP contribution in [0.4, 0.5) is 11.4 Å². The Bertz CT molecular complexity index is 1020. The number of ether oxygens (including phenoxy) is 1. The van der Waals surface area contributed by atoms with Crippen molar-refractivity contribution in [2.45, 2.75) is 17.1 Å². The zero-order chi connectivity index (χ0) is 21.5. The number of halogens is 1. The van der Waals surface area contributed by atoms with Crippen LogP contribution in [0.25, 0.3) is 0 Å². The molecule has 0 aliphatic heterocycles. The van der Waals surface area contributed by atoms with Gasteiger partial charge in [-0.2, -0.15) is 0 Å². The van der Waals surface area contributed by atoms with Gasteiger partial charge in [-0.05, 0) is 73.7 Å². The highest BCUT2D eigenvalue weighted by Crippen LogP contribution is 2.27. The third kappa shape index (κ3) is 6.02. The van der Waals surface area contributed by atoms with E-state index >= 15 is 0 Å². The second-order valence-corrected chi connectivity index (χ2v) is 8.32. The molecule has 0 radical (unpaired) electrons. The van der Waals surface area contributed by atoms with E-state index in [0.29, 0.717) is 27.7 Å². The molecule has 0 aromatic heterocycles. The topological polar surface area (TPSA) is 67.4 Å². The maximum atomic E-state index is 12.5. The Labute approximate surface area is 184 Å². The van der Waals surface area contributed by atoms with Gasteiger partial charge in [0.15, 0.2) is 0 Å². The lowest BCUT2D eigenvalue weighted by atomic mass is 10.2. The second-order valence-electron chi connectivity index (χ2n) is 6.47. The number of hydrogen-bond acceptors (Lipinski definition) is 4. The van der Waals surface area contributed by atoms with Gasteiger partial charge in [-0.25, -0.2) is 0 Å². The molecular weight excluding hydrogens is 420 g/mol. The zero-order valence-electron chi connectivity index (χ0n) is 16.5. The monoisotopic (exact) mass is 440 g/mol. The Balaban J connectivity index is 1.60. The summed E-state index contributed by atoms with van der Waals surface area (Å²) in [7, 11) is 1.58. The lowest BCUT2D eigenvalue weighted by molar-refractivity contribution is -0.115. The van der Waals surface area contributed by atoms with Crippen LogP contribution >= 0.6 is 23.4 Å². The summed E-state index contributed by atoms with van der Waals surface area (Å²) in [6, 6.07) is 21.3. The Morgan fingerprint density at radius 1 is 0.933 bits per heavy atom. The van der Waals surface area contributed by atoms with Crippen molar-refractivity contribution >= 4 is 46.6 Å². The van der Waals surface area contributed by atoms with Crippen LogP contribution < -0.4 is 15.4 Å². The number of hydrogen-bond donors (Lipinski definition) is 2. The average Bonchev–Trinajstić information content (AvgIpc) is 2.75. The summed E-state index contributed by atoms with van der Waals surface area (Å²) in [5.74, 6) is 0.360. The number of anilines is 2. The molecule has 2 N–H and O–H groups in total. The maximum Gasteiger partial charge on any atom is 0.255 e. The summed E-state index contributed by atoms with van der Waals surface area (Å²) in [5.41, 5.74) is 1.88. The Morgan fingerprint density at radius 3 is 2.30 bits per heavy atom. The largest absolute Gasteiger partial charge is 0.497 e. The van der Waals surface area contributed by atoms with Gasteiger partial charge in [0.2, 0.25) is 5.91 Å². The molecule has 7 heteroatoms. The van der Waals surface area contributed by atoms with Gasteiger partial charge in [0, 0.05) is 26.9 Å². The normalized spacial score (nSPS) is 11.4. The number of benzene rings is 3. The summed E-state index contributed by atoms with van der Waals surface area (Å²) in [6.07, 6.45) is 0. The van der Waals surface area contributed by atoms with Crippen molar-refractivity contribution < 1.29 is 14.3 Å². The lowest BCUT2D eigenvalue weighted by Crippen LogP contribution is -2.22. The molecule has 154 valence electrons. The molecule has 2 amide bonds. The molecule has 1 unspecified atom stereocenters. The minimum Gasteiger partial charge on any atom is -0.497 e. The molecule has 30 heavy (non-hydrogen) atoms. The van der Waals surface area contributed by atoms with E-state index in [-0.39, 0.29) is 17.1 Å². The molecule has 0 saturated carbocycles. The quantitative estimate of drug-likeness (QED) is 0.461. The van der Waals surface area contributed by atoms with Crippen molar-refractivity contribution in [2.24, 2.45) is 0 Å².